The summed E-state index contributed by atoms with van der Waals surface area (Å²) in [4.78, 5) is 10.2. The predicted octanol–water partition coefficient (Wildman–Crippen LogP) is 1.62. The highest BCUT2D eigenvalue weighted by Gasteiger charge is 2.25. The summed E-state index contributed by atoms with van der Waals surface area (Å²) in [7, 11) is -0.641. The van der Waals surface area contributed by atoms with Crippen molar-refractivity contribution in [2.75, 3.05) is 38.0 Å². The van der Waals surface area contributed by atoms with Gasteiger partial charge in [-0.05, 0) is 12.3 Å². The Kier molecular flexibility index (Phi) is 5.78. The largest absolute Gasteiger partial charge is 0.387 e. The molecule has 7 nitrogen and oxygen atoms in total. The minimum absolute atomic E-state index is 0.0363. The van der Waals surface area contributed by atoms with E-state index in [0.29, 0.717) is 12.3 Å². The number of thioether (sulfide) groups is 1. The summed E-state index contributed by atoms with van der Waals surface area (Å²) < 4.78 is 26.1. The summed E-state index contributed by atoms with van der Waals surface area (Å²) in [6, 6.07) is 3.67. The van der Waals surface area contributed by atoms with Crippen LogP contribution in [0.1, 0.15) is 0 Å². The topological polar surface area (TPSA) is 92.5 Å². The number of nitrogens with one attached hydrogen (secondary N) is 1. The Hall–Kier alpha value is -1.32. The van der Waals surface area contributed by atoms with Gasteiger partial charge in [-0.3, -0.25) is 10.1 Å². The van der Waals surface area contributed by atoms with Gasteiger partial charge in [0.15, 0.2) is 0 Å². The molecule has 1 rings (SSSR count). The zero-order valence-electron chi connectivity index (χ0n) is 11.5. The molecule has 0 atom stereocenters. The lowest BCUT2D eigenvalue weighted by atomic mass is 10.3. The lowest BCUT2D eigenvalue weighted by Crippen LogP contribution is -2.29. The van der Waals surface area contributed by atoms with Crippen molar-refractivity contribution < 1.29 is 13.3 Å². The number of anilines is 1. The Morgan fingerprint density at radius 2 is 2.10 bits per heavy atom. The van der Waals surface area contributed by atoms with E-state index in [1.54, 1.807) is 11.8 Å². The predicted molar refractivity (Wildman–Crippen MR) is 80.8 cm³/mol. The van der Waals surface area contributed by atoms with Crippen LogP contribution in [0.25, 0.3) is 0 Å². The van der Waals surface area contributed by atoms with E-state index in [1.807, 2.05) is 6.26 Å². The third-order valence-corrected chi connectivity index (χ3v) is 5.25. The Morgan fingerprint density at radius 1 is 1.45 bits per heavy atom. The van der Waals surface area contributed by atoms with Crippen molar-refractivity contribution in [2.45, 2.75) is 4.90 Å². The molecule has 0 spiro atoms. The number of sulfonamides is 1. The summed E-state index contributed by atoms with van der Waals surface area (Å²) in [5, 5.41) is 13.4. The van der Waals surface area contributed by atoms with Gasteiger partial charge in [0.1, 0.15) is 4.90 Å². The molecule has 0 fully saturated rings. The molecule has 1 aromatic rings. The highest BCUT2D eigenvalue weighted by atomic mass is 32.2. The number of nitrogens with zero attached hydrogens (tertiary/aromatic N) is 2. The second kappa shape index (κ2) is 6.91. The molecule has 0 saturated carbocycles. The van der Waals surface area contributed by atoms with Crippen LogP contribution in [0.2, 0.25) is 0 Å². The van der Waals surface area contributed by atoms with Crippen LogP contribution < -0.4 is 5.32 Å². The van der Waals surface area contributed by atoms with E-state index < -0.39 is 14.9 Å². The Balaban J connectivity index is 3.21. The van der Waals surface area contributed by atoms with Gasteiger partial charge in [-0.2, -0.15) is 11.8 Å². The summed E-state index contributed by atoms with van der Waals surface area (Å²) in [5.74, 6) is 0.678. The van der Waals surface area contributed by atoms with Gasteiger partial charge in [-0.1, -0.05) is 0 Å². The van der Waals surface area contributed by atoms with Gasteiger partial charge < -0.3 is 5.32 Å². The molecule has 0 bridgehead atoms. The van der Waals surface area contributed by atoms with E-state index in [4.69, 9.17) is 0 Å². The van der Waals surface area contributed by atoms with Gasteiger partial charge in [0.05, 0.1) is 10.6 Å². The molecule has 9 heteroatoms. The molecule has 112 valence electrons. The van der Waals surface area contributed by atoms with E-state index in [2.05, 4.69) is 5.32 Å². The molecular weight excluding hydrogens is 302 g/mol. The fourth-order valence-electron chi connectivity index (χ4n) is 1.56. The standard InChI is InChI=1S/C11H17N3O4S2/c1-12-10-8-9(14(15)16)4-5-11(10)20(17,18)13(2)6-7-19-3/h4-5,8,12H,6-7H2,1-3H3. The van der Waals surface area contributed by atoms with Crippen molar-refractivity contribution in [1.29, 1.82) is 0 Å². The number of hydrogen-bond acceptors (Lipinski definition) is 6. The van der Waals surface area contributed by atoms with E-state index >= 15 is 0 Å². The maximum absolute atomic E-state index is 12.4. The maximum atomic E-state index is 12.4. The number of non-ortho nitro benzene ring substituents is 1. The third-order valence-electron chi connectivity index (χ3n) is 2.74. The summed E-state index contributed by atoms with van der Waals surface area (Å²) in [6.45, 7) is 0.379. The van der Waals surface area contributed by atoms with E-state index in [1.165, 1.54) is 36.6 Å². The fraction of sp³-hybridized carbons (Fsp3) is 0.455. The van der Waals surface area contributed by atoms with Gasteiger partial charge in [-0.15, -0.1) is 0 Å². The average molecular weight is 319 g/mol. The van der Waals surface area contributed by atoms with E-state index in [-0.39, 0.29) is 16.3 Å². The maximum Gasteiger partial charge on any atom is 0.271 e. The molecule has 0 saturated heterocycles. The first-order valence-electron chi connectivity index (χ1n) is 5.76. The second-order valence-electron chi connectivity index (χ2n) is 4.01. The van der Waals surface area contributed by atoms with Crippen LogP contribution in [0.15, 0.2) is 23.1 Å². The van der Waals surface area contributed by atoms with Crippen LogP contribution in [-0.2, 0) is 10.0 Å². The number of rotatable bonds is 7. The van der Waals surface area contributed by atoms with Gasteiger partial charge in [-0.25, -0.2) is 12.7 Å². The van der Waals surface area contributed by atoms with Gasteiger partial charge in [0.2, 0.25) is 10.0 Å². The quantitative estimate of drug-likeness (QED) is 0.606. The summed E-state index contributed by atoms with van der Waals surface area (Å²) >= 11 is 1.55. The number of hydrogen-bond donors (Lipinski definition) is 1. The molecule has 0 unspecified atom stereocenters. The molecule has 20 heavy (non-hydrogen) atoms. The van der Waals surface area contributed by atoms with Crippen molar-refractivity contribution in [3.63, 3.8) is 0 Å². The van der Waals surface area contributed by atoms with Crippen molar-refractivity contribution >= 4 is 33.2 Å². The highest BCUT2D eigenvalue weighted by Crippen LogP contribution is 2.28. The van der Waals surface area contributed by atoms with E-state index in [9.17, 15) is 18.5 Å². The zero-order valence-corrected chi connectivity index (χ0v) is 13.1. The number of nitro benzene ring substituents is 1. The molecule has 0 aliphatic rings. The van der Waals surface area contributed by atoms with Crippen molar-refractivity contribution in [1.82, 2.24) is 4.31 Å². The normalized spacial score (nSPS) is 11.6. The Morgan fingerprint density at radius 3 is 2.60 bits per heavy atom. The number of nitro groups is 1. The fourth-order valence-corrected chi connectivity index (χ4v) is 3.48. The van der Waals surface area contributed by atoms with Crippen LogP contribution in [0.5, 0.6) is 0 Å². The van der Waals surface area contributed by atoms with Crippen molar-refractivity contribution in [3.8, 4) is 0 Å². The first-order chi connectivity index (χ1) is 9.34. The smallest absolute Gasteiger partial charge is 0.271 e. The lowest BCUT2D eigenvalue weighted by Gasteiger charge is -2.18. The summed E-state index contributed by atoms with van der Waals surface area (Å²) in [6.07, 6.45) is 1.89. The minimum atomic E-state index is -3.66. The van der Waals surface area contributed by atoms with Crippen molar-refractivity contribution in [3.05, 3.63) is 28.3 Å². The number of benzene rings is 1. The Labute approximate surface area is 122 Å². The molecular formula is C11H17N3O4S2. The van der Waals surface area contributed by atoms with Crippen LogP contribution in [-0.4, -0.2) is 50.3 Å². The third kappa shape index (κ3) is 3.62. The molecule has 1 aromatic carbocycles. The van der Waals surface area contributed by atoms with Crippen LogP contribution in [0.4, 0.5) is 11.4 Å². The summed E-state index contributed by atoms with van der Waals surface area (Å²) in [5.41, 5.74) is 0.0651. The molecule has 0 aliphatic carbocycles. The first kappa shape index (κ1) is 16.7. The molecule has 0 amide bonds. The zero-order chi connectivity index (χ0) is 15.3. The SMILES string of the molecule is CNc1cc([N+](=O)[O-])ccc1S(=O)(=O)N(C)CCSC. The highest BCUT2D eigenvalue weighted by molar-refractivity contribution is 7.98. The molecule has 0 aliphatic heterocycles. The van der Waals surface area contributed by atoms with Gasteiger partial charge >= 0.3 is 0 Å². The van der Waals surface area contributed by atoms with E-state index in [0.717, 1.165) is 0 Å². The molecule has 1 N–H and O–H groups in total. The lowest BCUT2D eigenvalue weighted by molar-refractivity contribution is -0.384. The monoisotopic (exact) mass is 319 g/mol. The van der Waals surface area contributed by atoms with Crippen LogP contribution in [0, 0.1) is 10.1 Å². The average Bonchev–Trinajstić information content (AvgIpc) is 2.43. The first-order valence-corrected chi connectivity index (χ1v) is 8.59. The van der Waals surface area contributed by atoms with Gasteiger partial charge in [0, 0.05) is 38.5 Å². The molecule has 0 heterocycles. The van der Waals surface area contributed by atoms with Gasteiger partial charge in [0.25, 0.3) is 5.69 Å². The second-order valence-corrected chi connectivity index (χ2v) is 7.01. The van der Waals surface area contributed by atoms with Crippen LogP contribution in [0.3, 0.4) is 0 Å². The van der Waals surface area contributed by atoms with Crippen LogP contribution >= 0.6 is 11.8 Å². The molecule has 0 radical (unpaired) electrons. The molecule has 0 aromatic heterocycles. The Bertz CT molecular complexity index is 589. The minimum Gasteiger partial charge on any atom is -0.387 e. The van der Waals surface area contributed by atoms with Crippen molar-refractivity contribution in [2.24, 2.45) is 0 Å².